The van der Waals surface area contributed by atoms with Crippen molar-refractivity contribution in [3.05, 3.63) is 71.0 Å². The number of nitriles is 1. The summed E-state index contributed by atoms with van der Waals surface area (Å²) in [5, 5.41) is 31.8. The molecule has 0 bridgehead atoms. The molecule has 0 aliphatic heterocycles. The average Bonchev–Trinajstić information content (AvgIpc) is 3.61. The van der Waals surface area contributed by atoms with Gasteiger partial charge in [-0.3, -0.25) is 0 Å². The van der Waals surface area contributed by atoms with Gasteiger partial charge in [0.15, 0.2) is 11.6 Å². The zero-order valence-corrected chi connectivity index (χ0v) is 22.7. The van der Waals surface area contributed by atoms with Gasteiger partial charge in [0.05, 0.1) is 11.6 Å². The first-order valence-electron chi connectivity index (χ1n) is 11.9. The maximum absolute atomic E-state index is 11.6. The van der Waals surface area contributed by atoms with Crippen LogP contribution >= 0.6 is 11.3 Å². The van der Waals surface area contributed by atoms with Gasteiger partial charge in [-0.1, -0.05) is 24.3 Å². The van der Waals surface area contributed by atoms with E-state index in [1.807, 2.05) is 44.4 Å². The van der Waals surface area contributed by atoms with E-state index in [0.717, 1.165) is 22.9 Å². The minimum absolute atomic E-state index is 0.0573. The van der Waals surface area contributed by atoms with Crippen LogP contribution in [0.1, 0.15) is 29.2 Å². The first-order valence-corrected chi connectivity index (χ1v) is 12.7. The van der Waals surface area contributed by atoms with Gasteiger partial charge in [-0.25, -0.2) is 14.8 Å². The monoisotopic (exact) mass is 542 g/mol. The number of carbonyl (C=O) groups excluding carboxylic acids is 1. The van der Waals surface area contributed by atoms with Gasteiger partial charge < -0.3 is 15.4 Å². The SMILES string of the molecule is C=CC(=O)OCC(C)Nc1nc(Nc2ccc(C)cc2C)c(C#N)c(C)c1/N=N\c1ncn(-c2nccs2)n1. The van der Waals surface area contributed by atoms with Crippen molar-refractivity contribution in [1.82, 2.24) is 24.7 Å². The highest BCUT2D eigenvalue weighted by Gasteiger charge is 2.20. The molecule has 1 unspecified atom stereocenters. The highest BCUT2D eigenvalue weighted by molar-refractivity contribution is 7.12. The van der Waals surface area contributed by atoms with Crippen molar-refractivity contribution >= 4 is 46.3 Å². The Balaban J connectivity index is 1.72. The predicted molar refractivity (Wildman–Crippen MR) is 148 cm³/mol. The predicted octanol–water partition coefficient (Wildman–Crippen LogP) is 5.60. The van der Waals surface area contributed by atoms with E-state index in [0.29, 0.717) is 33.6 Å². The molecule has 0 radical (unpaired) electrons. The van der Waals surface area contributed by atoms with Crippen molar-refractivity contribution in [3.8, 4) is 11.2 Å². The molecule has 0 spiro atoms. The number of hydrogen-bond donors (Lipinski definition) is 2. The topological polar surface area (TPSA) is 155 Å². The van der Waals surface area contributed by atoms with Crippen molar-refractivity contribution in [1.29, 1.82) is 5.26 Å². The van der Waals surface area contributed by atoms with E-state index in [-0.39, 0.29) is 18.6 Å². The Morgan fingerprint density at radius 2 is 2.10 bits per heavy atom. The van der Waals surface area contributed by atoms with E-state index in [4.69, 9.17) is 9.72 Å². The fourth-order valence-corrected chi connectivity index (χ4v) is 4.14. The van der Waals surface area contributed by atoms with E-state index in [1.54, 1.807) is 13.1 Å². The molecule has 0 saturated carbocycles. The van der Waals surface area contributed by atoms with E-state index in [1.165, 1.54) is 22.3 Å². The molecule has 0 aliphatic rings. The summed E-state index contributed by atoms with van der Waals surface area (Å²) in [4.78, 5) is 24.6. The third-order valence-corrected chi connectivity index (χ3v) is 6.28. The standard InChI is InChI=1S/C26H26N10O2S/c1-6-21(37)38-13-17(4)30-24-22(33-34-25-29-14-36(35-25)26-28-9-10-39-26)18(5)19(12-27)23(32-24)31-20-8-7-15(2)11-16(20)3/h6-11,14,17H,1,13H2,2-5H3,(H2,30,31,32)/b34-33-. The summed E-state index contributed by atoms with van der Waals surface area (Å²) in [6.45, 7) is 11.0. The number of hydrogen-bond acceptors (Lipinski definition) is 12. The Kier molecular flexibility index (Phi) is 8.37. The molecule has 3 heterocycles. The molecule has 4 rings (SSSR count). The number of azo groups is 1. The molecule has 39 heavy (non-hydrogen) atoms. The van der Waals surface area contributed by atoms with Gasteiger partial charge in [-0.2, -0.15) is 14.9 Å². The van der Waals surface area contributed by atoms with Gasteiger partial charge in [0.25, 0.3) is 5.95 Å². The molecular weight excluding hydrogens is 516 g/mol. The third-order valence-electron chi connectivity index (χ3n) is 5.52. The largest absolute Gasteiger partial charge is 0.460 e. The highest BCUT2D eigenvalue weighted by Crippen LogP contribution is 2.36. The lowest BCUT2D eigenvalue weighted by molar-refractivity contribution is -0.137. The first kappa shape index (κ1) is 27.1. The molecule has 3 aromatic heterocycles. The number of nitrogens with zero attached hydrogens (tertiary/aromatic N) is 8. The number of pyridine rings is 1. The average molecular weight is 543 g/mol. The van der Waals surface area contributed by atoms with Gasteiger partial charge in [0.1, 0.15) is 24.7 Å². The molecule has 0 fully saturated rings. The van der Waals surface area contributed by atoms with Crippen LogP contribution < -0.4 is 10.6 Å². The van der Waals surface area contributed by atoms with Crippen LogP contribution in [0.5, 0.6) is 0 Å². The van der Waals surface area contributed by atoms with Crippen molar-refractivity contribution in [2.45, 2.75) is 33.7 Å². The number of nitrogens with one attached hydrogen (secondary N) is 2. The molecule has 4 aromatic rings. The molecule has 1 atom stereocenters. The lowest BCUT2D eigenvalue weighted by Crippen LogP contribution is -2.24. The van der Waals surface area contributed by atoms with E-state index in [2.05, 4.69) is 48.6 Å². The Morgan fingerprint density at radius 1 is 1.28 bits per heavy atom. The minimum atomic E-state index is -0.536. The quantitative estimate of drug-likeness (QED) is 0.148. The molecule has 198 valence electrons. The fourth-order valence-electron chi connectivity index (χ4n) is 3.58. The summed E-state index contributed by atoms with van der Waals surface area (Å²) in [5.41, 5.74) is 4.11. The molecule has 1 aromatic carbocycles. The summed E-state index contributed by atoms with van der Waals surface area (Å²) < 4.78 is 6.66. The summed E-state index contributed by atoms with van der Waals surface area (Å²) >= 11 is 1.40. The number of anilines is 3. The summed E-state index contributed by atoms with van der Waals surface area (Å²) in [6, 6.07) is 7.83. The van der Waals surface area contributed by atoms with Crippen LogP contribution in [-0.4, -0.2) is 43.4 Å². The van der Waals surface area contributed by atoms with Gasteiger partial charge >= 0.3 is 5.97 Å². The Hall–Kier alpha value is -4.96. The van der Waals surface area contributed by atoms with Crippen LogP contribution in [-0.2, 0) is 9.53 Å². The number of esters is 1. The second-order valence-corrected chi connectivity index (χ2v) is 9.47. The second-order valence-electron chi connectivity index (χ2n) is 8.60. The Morgan fingerprint density at radius 3 is 2.79 bits per heavy atom. The molecule has 0 amide bonds. The molecule has 2 N–H and O–H groups in total. The minimum Gasteiger partial charge on any atom is -0.460 e. The lowest BCUT2D eigenvalue weighted by atomic mass is 10.1. The molecule has 0 saturated heterocycles. The molecular formula is C26H26N10O2S. The highest BCUT2D eigenvalue weighted by atomic mass is 32.1. The summed E-state index contributed by atoms with van der Waals surface area (Å²) in [5.74, 6) is 0.264. The molecule has 12 nitrogen and oxygen atoms in total. The number of thiazole rings is 1. The number of benzene rings is 1. The summed E-state index contributed by atoms with van der Waals surface area (Å²) in [7, 11) is 0. The van der Waals surface area contributed by atoms with Crippen LogP contribution in [0.4, 0.5) is 29.0 Å². The van der Waals surface area contributed by atoms with E-state index >= 15 is 0 Å². The number of ether oxygens (including phenoxy) is 1. The van der Waals surface area contributed by atoms with Crippen molar-refractivity contribution in [2.24, 2.45) is 10.2 Å². The van der Waals surface area contributed by atoms with Gasteiger partial charge in [0, 0.05) is 28.9 Å². The Labute approximate surface area is 229 Å². The number of aryl methyl sites for hydroxylation is 2. The van der Waals surface area contributed by atoms with Gasteiger partial charge in [0.2, 0.25) is 5.13 Å². The first-order chi connectivity index (χ1) is 18.8. The molecule has 13 heteroatoms. The van der Waals surface area contributed by atoms with E-state index in [9.17, 15) is 10.1 Å². The number of carbonyl (C=O) groups is 1. The van der Waals surface area contributed by atoms with Crippen LogP contribution in [0.15, 0.2) is 59.0 Å². The second kappa shape index (κ2) is 12.1. The van der Waals surface area contributed by atoms with Gasteiger partial charge in [-0.15, -0.1) is 26.7 Å². The third kappa shape index (κ3) is 6.49. The van der Waals surface area contributed by atoms with Crippen LogP contribution in [0, 0.1) is 32.1 Å². The number of aromatic nitrogens is 5. The normalized spacial score (nSPS) is 11.7. The van der Waals surface area contributed by atoms with Crippen molar-refractivity contribution in [2.75, 3.05) is 17.2 Å². The van der Waals surface area contributed by atoms with E-state index < -0.39 is 5.97 Å². The maximum atomic E-state index is 11.6. The Bertz CT molecular complexity index is 1570. The summed E-state index contributed by atoms with van der Waals surface area (Å²) in [6.07, 6.45) is 4.26. The van der Waals surface area contributed by atoms with Crippen molar-refractivity contribution in [3.63, 3.8) is 0 Å². The van der Waals surface area contributed by atoms with Crippen LogP contribution in [0.3, 0.4) is 0 Å². The van der Waals surface area contributed by atoms with Gasteiger partial charge in [-0.05, 0) is 39.3 Å². The fraction of sp³-hybridized carbons (Fsp3) is 0.231. The zero-order valence-electron chi connectivity index (χ0n) is 21.8. The maximum Gasteiger partial charge on any atom is 0.330 e. The van der Waals surface area contributed by atoms with Crippen LogP contribution in [0.25, 0.3) is 5.13 Å². The van der Waals surface area contributed by atoms with Crippen molar-refractivity contribution < 1.29 is 9.53 Å². The van der Waals surface area contributed by atoms with Crippen LogP contribution in [0.2, 0.25) is 0 Å². The smallest absolute Gasteiger partial charge is 0.330 e. The zero-order chi connectivity index (χ0) is 27.9. The lowest BCUT2D eigenvalue weighted by Gasteiger charge is -2.19. The molecule has 0 aliphatic carbocycles. The number of rotatable bonds is 10.